The van der Waals surface area contributed by atoms with Crippen molar-refractivity contribution < 1.29 is 14.3 Å². The Morgan fingerprint density at radius 3 is 2.46 bits per heavy atom. The summed E-state index contributed by atoms with van der Waals surface area (Å²) < 4.78 is 10.6. The number of hydrogen-bond acceptors (Lipinski definition) is 7. The van der Waals surface area contributed by atoms with Crippen molar-refractivity contribution in [3.63, 3.8) is 0 Å². The molecule has 1 aromatic carbocycles. The summed E-state index contributed by atoms with van der Waals surface area (Å²) in [7, 11) is 6.83. The molecular formula is C19H26N6O3. The molecular weight excluding hydrogens is 360 g/mol. The highest BCUT2D eigenvalue weighted by atomic mass is 16.5. The molecule has 0 unspecified atom stereocenters. The van der Waals surface area contributed by atoms with Crippen LogP contribution in [0.2, 0.25) is 0 Å². The number of methoxy groups -OCH3 is 2. The molecule has 28 heavy (non-hydrogen) atoms. The Kier molecular flexibility index (Phi) is 6.03. The van der Waals surface area contributed by atoms with Gasteiger partial charge in [-0.15, -0.1) is 0 Å². The lowest BCUT2D eigenvalue weighted by Crippen LogP contribution is -2.25. The minimum Gasteiger partial charge on any atom is -0.493 e. The van der Waals surface area contributed by atoms with Crippen LogP contribution in [0.1, 0.15) is 12.8 Å². The Morgan fingerprint density at radius 1 is 1.11 bits per heavy atom. The zero-order valence-corrected chi connectivity index (χ0v) is 16.7. The van der Waals surface area contributed by atoms with Crippen LogP contribution in [-0.4, -0.2) is 57.4 Å². The summed E-state index contributed by atoms with van der Waals surface area (Å²) in [6.07, 6.45) is 3.93. The van der Waals surface area contributed by atoms with Gasteiger partial charge in [-0.05, 0) is 25.0 Å². The first-order chi connectivity index (χ1) is 13.5. The maximum atomic E-state index is 12.6. The van der Waals surface area contributed by atoms with Gasteiger partial charge in [0.05, 0.1) is 26.1 Å². The molecule has 9 heteroatoms. The summed E-state index contributed by atoms with van der Waals surface area (Å²) in [5, 5.41) is 5.60. The first-order valence-electron chi connectivity index (χ1n) is 9.11. The molecule has 0 radical (unpaired) electrons. The van der Waals surface area contributed by atoms with Gasteiger partial charge >= 0.3 is 6.03 Å². The van der Waals surface area contributed by atoms with Crippen molar-refractivity contribution in [1.29, 1.82) is 0 Å². The normalized spacial score (nSPS) is 13.2. The molecule has 0 atom stereocenters. The summed E-state index contributed by atoms with van der Waals surface area (Å²) in [5.41, 5.74) is 1.02. The van der Waals surface area contributed by atoms with Crippen LogP contribution in [0.25, 0.3) is 0 Å². The zero-order chi connectivity index (χ0) is 20.1. The lowest BCUT2D eigenvalue weighted by Gasteiger charge is -2.21. The van der Waals surface area contributed by atoms with Gasteiger partial charge < -0.3 is 29.9 Å². The van der Waals surface area contributed by atoms with E-state index in [0.717, 1.165) is 25.9 Å². The van der Waals surface area contributed by atoms with Crippen LogP contribution in [-0.2, 0) is 0 Å². The number of amides is 2. The van der Waals surface area contributed by atoms with Crippen molar-refractivity contribution in [2.45, 2.75) is 12.8 Å². The van der Waals surface area contributed by atoms with Gasteiger partial charge in [-0.1, -0.05) is 6.07 Å². The molecule has 2 heterocycles. The molecule has 1 aliphatic rings. The summed E-state index contributed by atoms with van der Waals surface area (Å²) >= 11 is 0. The largest absolute Gasteiger partial charge is 0.493 e. The smallest absolute Gasteiger partial charge is 0.323 e. The average Bonchev–Trinajstić information content (AvgIpc) is 3.22. The number of hydrogen-bond donors (Lipinski definition) is 2. The summed E-state index contributed by atoms with van der Waals surface area (Å²) in [6, 6.07) is 4.85. The van der Waals surface area contributed by atoms with E-state index in [1.54, 1.807) is 31.5 Å². The van der Waals surface area contributed by atoms with Gasteiger partial charge in [-0.25, -0.2) is 9.78 Å². The van der Waals surface area contributed by atoms with Gasteiger partial charge in [0.25, 0.3) is 0 Å². The number of nitrogens with one attached hydrogen (secondary N) is 2. The molecule has 1 aliphatic heterocycles. The molecule has 0 saturated carbocycles. The SMILES string of the molecule is COc1cccc(NC(=O)Nc2cnc(N3CCCC3)nc2N(C)C)c1OC. The Labute approximate surface area is 164 Å². The lowest BCUT2D eigenvalue weighted by molar-refractivity contribution is 0.262. The highest BCUT2D eigenvalue weighted by molar-refractivity contribution is 6.02. The molecule has 3 rings (SSSR count). The average molecular weight is 386 g/mol. The Morgan fingerprint density at radius 2 is 1.82 bits per heavy atom. The Hall–Kier alpha value is -3.23. The number of para-hydroxylation sites is 1. The monoisotopic (exact) mass is 386 g/mol. The minimum atomic E-state index is -0.424. The minimum absolute atomic E-state index is 0.424. The van der Waals surface area contributed by atoms with Crippen LogP contribution in [0.5, 0.6) is 11.5 Å². The number of carbonyl (C=O) groups is 1. The standard InChI is InChI=1S/C19H26N6O3/c1-24(2)17-14(12-20-18(23-17)25-10-5-6-11-25)22-19(26)21-13-8-7-9-15(27-3)16(13)28-4/h7-9,12H,5-6,10-11H2,1-4H3,(H2,21,22,26). The fourth-order valence-electron chi connectivity index (χ4n) is 3.12. The number of anilines is 4. The highest BCUT2D eigenvalue weighted by Crippen LogP contribution is 2.35. The Balaban J connectivity index is 1.78. The van der Waals surface area contributed by atoms with Crippen molar-refractivity contribution >= 4 is 29.2 Å². The summed E-state index contributed by atoms with van der Waals surface area (Å²) in [5.74, 6) is 2.31. The van der Waals surface area contributed by atoms with Gasteiger partial charge in [-0.2, -0.15) is 4.98 Å². The molecule has 2 aromatic rings. The Bertz CT molecular complexity index is 836. The van der Waals surface area contributed by atoms with E-state index in [1.807, 2.05) is 19.0 Å². The van der Waals surface area contributed by atoms with Crippen LogP contribution in [0.15, 0.2) is 24.4 Å². The molecule has 2 N–H and O–H groups in total. The predicted molar refractivity (Wildman–Crippen MR) is 110 cm³/mol. The van der Waals surface area contributed by atoms with Crippen molar-refractivity contribution in [1.82, 2.24) is 9.97 Å². The molecule has 1 saturated heterocycles. The van der Waals surface area contributed by atoms with E-state index in [-0.39, 0.29) is 0 Å². The summed E-state index contributed by atoms with van der Waals surface area (Å²) in [4.78, 5) is 25.6. The van der Waals surface area contributed by atoms with Crippen molar-refractivity contribution in [2.75, 3.05) is 61.8 Å². The fraction of sp³-hybridized carbons (Fsp3) is 0.421. The highest BCUT2D eigenvalue weighted by Gasteiger charge is 2.19. The van der Waals surface area contributed by atoms with E-state index in [4.69, 9.17) is 9.47 Å². The molecule has 150 valence electrons. The van der Waals surface area contributed by atoms with Gasteiger partial charge in [0, 0.05) is 27.2 Å². The van der Waals surface area contributed by atoms with Crippen molar-refractivity contribution in [3.05, 3.63) is 24.4 Å². The van der Waals surface area contributed by atoms with E-state index >= 15 is 0 Å². The summed E-state index contributed by atoms with van der Waals surface area (Å²) in [6.45, 7) is 1.91. The number of urea groups is 1. The second-order valence-electron chi connectivity index (χ2n) is 6.62. The topological polar surface area (TPSA) is 91.8 Å². The molecule has 2 amide bonds. The zero-order valence-electron chi connectivity index (χ0n) is 16.7. The molecule has 1 aromatic heterocycles. The number of benzene rings is 1. The van der Waals surface area contributed by atoms with Gasteiger partial charge in [0.1, 0.15) is 5.69 Å². The molecule has 0 bridgehead atoms. The number of nitrogens with zero attached hydrogens (tertiary/aromatic N) is 4. The molecule has 0 spiro atoms. The quantitative estimate of drug-likeness (QED) is 0.789. The maximum Gasteiger partial charge on any atom is 0.323 e. The first-order valence-corrected chi connectivity index (χ1v) is 9.11. The number of aromatic nitrogens is 2. The number of ether oxygens (including phenoxy) is 2. The fourth-order valence-corrected chi connectivity index (χ4v) is 3.12. The van der Waals surface area contributed by atoms with Gasteiger partial charge in [0.2, 0.25) is 5.95 Å². The third-order valence-electron chi connectivity index (χ3n) is 4.47. The predicted octanol–water partition coefficient (Wildman–Crippen LogP) is 2.80. The van der Waals surface area contributed by atoms with Gasteiger partial charge in [0.15, 0.2) is 17.3 Å². The van der Waals surface area contributed by atoms with E-state index < -0.39 is 6.03 Å². The van der Waals surface area contributed by atoms with Crippen molar-refractivity contribution in [3.8, 4) is 11.5 Å². The second kappa shape index (κ2) is 8.64. The van der Waals surface area contributed by atoms with Crippen molar-refractivity contribution in [2.24, 2.45) is 0 Å². The van der Waals surface area contributed by atoms with Crippen LogP contribution in [0.3, 0.4) is 0 Å². The molecule has 1 fully saturated rings. The number of carbonyl (C=O) groups excluding carboxylic acids is 1. The third kappa shape index (κ3) is 4.19. The maximum absolute atomic E-state index is 12.6. The number of rotatable bonds is 6. The van der Waals surface area contributed by atoms with E-state index in [0.29, 0.717) is 34.6 Å². The molecule has 0 aliphatic carbocycles. The van der Waals surface area contributed by atoms with E-state index in [1.165, 1.54) is 7.11 Å². The van der Waals surface area contributed by atoms with Crippen LogP contribution in [0, 0.1) is 0 Å². The lowest BCUT2D eigenvalue weighted by atomic mass is 10.2. The molecule has 9 nitrogen and oxygen atoms in total. The van der Waals surface area contributed by atoms with E-state index in [9.17, 15) is 4.79 Å². The third-order valence-corrected chi connectivity index (χ3v) is 4.47. The van der Waals surface area contributed by atoms with Crippen LogP contribution < -0.4 is 29.9 Å². The van der Waals surface area contributed by atoms with Crippen LogP contribution >= 0.6 is 0 Å². The second-order valence-corrected chi connectivity index (χ2v) is 6.62. The van der Waals surface area contributed by atoms with Crippen LogP contribution in [0.4, 0.5) is 27.9 Å². The van der Waals surface area contributed by atoms with Gasteiger partial charge in [-0.3, -0.25) is 0 Å². The first kappa shape index (κ1) is 19.5. The van der Waals surface area contributed by atoms with E-state index in [2.05, 4.69) is 25.5 Å².